The van der Waals surface area contributed by atoms with Crippen LogP contribution in [0.25, 0.3) is 0 Å². The number of nitrogens with one attached hydrogen (secondary N) is 1. The lowest BCUT2D eigenvalue weighted by atomic mass is 10.3. The fourth-order valence-corrected chi connectivity index (χ4v) is 2.64. The van der Waals surface area contributed by atoms with E-state index >= 15 is 0 Å². The fourth-order valence-electron chi connectivity index (χ4n) is 1.31. The van der Waals surface area contributed by atoms with E-state index in [0.29, 0.717) is 5.69 Å². The average molecular weight is 285 g/mol. The highest BCUT2D eigenvalue weighted by Gasteiger charge is 2.15. The zero-order valence-corrected chi connectivity index (χ0v) is 10.6. The molecule has 0 fully saturated rings. The topological polar surface area (TPSA) is 46.2 Å². The molecule has 0 aromatic heterocycles. The molecule has 18 heavy (non-hydrogen) atoms. The Hall–Kier alpha value is -1.59. The number of hydrogen-bond donors (Lipinski definition) is 1. The number of hydrogen-bond acceptors (Lipinski definition) is 2. The summed E-state index contributed by atoms with van der Waals surface area (Å²) < 4.78 is 39.2. The molecular formula is C12H8ClFNO2S. The molecular weight excluding hydrogens is 277 g/mol. The highest BCUT2D eigenvalue weighted by molar-refractivity contribution is 7.92. The summed E-state index contributed by atoms with van der Waals surface area (Å²) in [5.41, 5.74) is 0.397. The van der Waals surface area contributed by atoms with Gasteiger partial charge in [-0.3, -0.25) is 4.72 Å². The predicted molar refractivity (Wildman–Crippen MR) is 67.5 cm³/mol. The van der Waals surface area contributed by atoms with Crippen LogP contribution in [0.15, 0.2) is 47.4 Å². The van der Waals surface area contributed by atoms with Crippen LogP contribution in [0.3, 0.4) is 0 Å². The number of benzene rings is 2. The van der Waals surface area contributed by atoms with Crippen molar-refractivity contribution in [2.75, 3.05) is 4.72 Å². The van der Waals surface area contributed by atoms with Gasteiger partial charge in [0.2, 0.25) is 0 Å². The highest BCUT2D eigenvalue weighted by atomic mass is 35.5. The van der Waals surface area contributed by atoms with Gasteiger partial charge in [0.15, 0.2) is 0 Å². The normalized spacial score (nSPS) is 11.2. The molecule has 2 aromatic carbocycles. The van der Waals surface area contributed by atoms with Crippen LogP contribution in [0.4, 0.5) is 10.1 Å². The van der Waals surface area contributed by atoms with Crippen LogP contribution in [0.2, 0.25) is 5.02 Å². The molecule has 0 aliphatic rings. The Morgan fingerprint density at radius 1 is 1.17 bits per heavy atom. The summed E-state index contributed by atoms with van der Waals surface area (Å²) in [6, 6.07) is 12.3. The van der Waals surface area contributed by atoms with Gasteiger partial charge in [0.05, 0.1) is 9.92 Å². The van der Waals surface area contributed by atoms with E-state index in [4.69, 9.17) is 11.6 Å². The lowest BCUT2D eigenvalue weighted by Crippen LogP contribution is -2.12. The third-order valence-corrected chi connectivity index (χ3v) is 3.84. The van der Waals surface area contributed by atoms with E-state index < -0.39 is 15.8 Å². The van der Waals surface area contributed by atoms with Crippen molar-refractivity contribution in [1.29, 1.82) is 0 Å². The van der Waals surface area contributed by atoms with E-state index in [9.17, 15) is 12.8 Å². The van der Waals surface area contributed by atoms with Crippen molar-refractivity contribution in [2.24, 2.45) is 0 Å². The second-order valence-corrected chi connectivity index (χ2v) is 5.56. The molecule has 0 saturated carbocycles. The molecule has 6 heteroatoms. The van der Waals surface area contributed by atoms with Crippen LogP contribution in [-0.2, 0) is 10.0 Å². The first-order valence-electron chi connectivity index (χ1n) is 4.93. The van der Waals surface area contributed by atoms with Gasteiger partial charge in [0.25, 0.3) is 10.0 Å². The fraction of sp³-hybridized carbons (Fsp3) is 0. The molecule has 0 heterocycles. The molecule has 1 N–H and O–H groups in total. The zero-order chi connectivity index (χ0) is 13.2. The molecule has 0 saturated heterocycles. The standard InChI is InChI=1S/C12H8ClFNO2S/c13-11-8-10(6-7-12(11)14)18(16,17)15-9-4-2-1-3-5-9/h2-8,15H. The van der Waals surface area contributed by atoms with Crippen molar-refractivity contribution in [2.45, 2.75) is 4.90 Å². The van der Waals surface area contributed by atoms with E-state index in [1.54, 1.807) is 24.3 Å². The average Bonchev–Trinajstić information content (AvgIpc) is 2.33. The Labute approximate surface area is 109 Å². The monoisotopic (exact) mass is 284 g/mol. The molecule has 1 radical (unpaired) electrons. The Balaban J connectivity index is 2.34. The van der Waals surface area contributed by atoms with Crippen molar-refractivity contribution in [3.05, 3.63) is 59.4 Å². The Morgan fingerprint density at radius 2 is 1.83 bits per heavy atom. The first kappa shape index (κ1) is 12.9. The molecule has 0 unspecified atom stereocenters. The molecule has 0 spiro atoms. The lowest BCUT2D eigenvalue weighted by molar-refractivity contribution is 0.599. The maximum atomic E-state index is 13.0. The molecule has 0 aliphatic heterocycles. The molecule has 0 amide bonds. The van der Waals surface area contributed by atoms with Gasteiger partial charge < -0.3 is 0 Å². The van der Waals surface area contributed by atoms with Gasteiger partial charge in [-0.1, -0.05) is 23.7 Å². The van der Waals surface area contributed by atoms with E-state index in [1.807, 2.05) is 0 Å². The van der Waals surface area contributed by atoms with Gasteiger partial charge in [0.1, 0.15) is 5.82 Å². The second-order valence-electron chi connectivity index (χ2n) is 3.47. The van der Waals surface area contributed by atoms with Crippen LogP contribution in [-0.4, -0.2) is 8.42 Å². The van der Waals surface area contributed by atoms with Crippen molar-refractivity contribution in [3.63, 3.8) is 0 Å². The molecule has 0 bridgehead atoms. The lowest BCUT2D eigenvalue weighted by Gasteiger charge is -2.08. The molecule has 2 rings (SSSR count). The summed E-state index contributed by atoms with van der Waals surface area (Å²) in [4.78, 5) is -0.0956. The molecule has 93 valence electrons. The van der Waals surface area contributed by atoms with E-state index in [-0.39, 0.29) is 9.92 Å². The number of sulfonamides is 1. The third-order valence-electron chi connectivity index (χ3n) is 2.17. The minimum atomic E-state index is -3.77. The Kier molecular flexibility index (Phi) is 3.54. The number of halogens is 2. The highest BCUT2D eigenvalue weighted by Crippen LogP contribution is 2.21. The van der Waals surface area contributed by atoms with Crippen molar-refractivity contribution < 1.29 is 12.8 Å². The summed E-state index contributed by atoms with van der Waals surface area (Å²) in [6.45, 7) is 0. The summed E-state index contributed by atoms with van der Waals surface area (Å²) in [6.07, 6.45) is 0. The quantitative estimate of drug-likeness (QED) is 0.941. The number of anilines is 1. The first-order valence-corrected chi connectivity index (χ1v) is 6.79. The van der Waals surface area contributed by atoms with Crippen molar-refractivity contribution >= 4 is 27.3 Å². The molecule has 0 aliphatic carbocycles. The van der Waals surface area contributed by atoms with Gasteiger partial charge in [-0.2, -0.15) is 0 Å². The van der Waals surface area contributed by atoms with Crippen molar-refractivity contribution in [3.8, 4) is 0 Å². The summed E-state index contributed by atoms with van der Waals surface area (Å²) in [5.74, 6) is -0.662. The van der Waals surface area contributed by atoms with Crippen LogP contribution in [0, 0.1) is 11.9 Å². The number of rotatable bonds is 3. The SMILES string of the molecule is O=S(=O)(Nc1cc[c]cc1)c1ccc(F)c(Cl)c1. The van der Waals surface area contributed by atoms with Gasteiger partial charge in [0, 0.05) is 5.69 Å². The third kappa shape index (κ3) is 2.80. The van der Waals surface area contributed by atoms with Gasteiger partial charge in [-0.15, -0.1) is 0 Å². The van der Waals surface area contributed by atoms with E-state index in [0.717, 1.165) is 18.2 Å². The Bertz CT molecular complexity index is 659. The maximum Gasteiger partial charge on any atom is 0.261 e. The zero-order valence-electron chi connectivity index (χ0n) is 9.02. The van der Waals surface area contributed by atoms with Crippen LogP contribution in [0.5, 0.6) is 0 Å². The minimum Gasteiger partial charge on any atom is -0.280 e. The Morgan fingerprint density at radius 3 is 2.44 bits per heavy atom. The molecule has 3 nitrogen and oxygen atoms in total. The van der Waals surface area contributed by atoms with Gasteiger partial charge in [-0.05, 0) is 36.4 Å². The summed E-state index contributed by atoms with van der Waals surface area (Å²) >= 11 is 5.55. The van der Waals surface area contributed by atoms with Gasteiger partial charge in [-0.25, -0.2) is 12.8 Å². The molecule has 2 aromatic rings. The first-order chi connectivity index (χ1) is 8.49. The van der Waals surface area contributed by atoms with Gasteiger partial charge >= 0.3 is 0 Å². The summed E-state index contributed by atoms with van der Waals surface area (Å²) in [5, 5.41) is -0.237. The van der Waals surface area contributed by atoms with Crippen LogP contribution < -0.4 is 4.72 Å². The second kappa shape index (κ2) is 4.96. The van der Waals surface area contributed by atoms with E-state index in [1.165, 1.54) is 0 Å². The smallest absolute Gasteiger partial charge is 0.261 e. The van der Waals surface area contributed by atoms with Crippen LogP contribution >= 0.6 is 11.6 Å². The predicted octanol–water partition coefficient (Wildman–Crippen LogP) is 3.08. The largest absolute Gasteiger partial charge is 0.280 e. The van der Waals surface area contributed by atoms with Crippen LogP contribution in [0.1, 0.15) is 0 Å². The van der Waals surface area contributed by atoms with Crippen molar-refractivity contribution in [1.82, 2.24) is 0 Å². The maximum absolute atomic E-state index is 13.0. The minimum absolute atomic E-state index is 0.0956. The molecule has 0 atom stereocenters. The summed E-state index contributed by atoms with van der Waals surface area (Å²) in [7, 11) is -3.77. The van der Waals surface area contributed by atoms with E-state index in [2.05, 4.69) is 10.8 Å².